The van der Waals surface area contributed by atoms with Crippen LogP contribution in [0.4, 0.5) is 13.2 Å². The molecule has 4 nitrogen and oxygen atoms in total. The summed E-state index contributed by atoms with van der Waals surface area (Å²) in [5.74, 6) is 0.0198. The van der Waals surface area contributed by atoms with E-state index in [9.17, 15) is 18.0 Å². The number of alkyl halides is 3. The van der Waals surface area contributed by atoms with E-state index in [1.54, 1.807) is 0 Å². The maximum atomic E-state index is 13.2. The topological polar surface area (TPSA) is 64.3 Å². The molecule has 0 aromatic rings. The summed E-state index contributed by atoms with van der Waals surface area (Å²) in [5, 5.41) is 2.88. The lowest BCUT2D eigenvalue weighted by Crippen LogP contribution is -2.37. The first kappa shape index (κ1) is 23.7. The van der Waals surface area contributed by atoms with Crippen molar-refractivity contribution in [3.05, 3.63) is 70.6 Å². The molecule has 0 aromatic heterocycles. The van der Waals surface area contributed by atoms with Crippen molar-refractivity contribution in [1.82, 2.24) is 5.32 Å². The van der Waals surface area contributed by atoms with Gasteiger partial charge in [0.15, 0.2) is 6.10 Å². The third-order valence-corrected chi connectivity index (χ3v) is 4.77. The van der Waals surface area contributed by atoms with Crippen molar-refractivity contribution in [3.8, 4) is 0 Å². The van der Waals surface area contributed by atoms with E-state index in [-0.39, 0.29) is 24.4 Å². The Hall–Kier alpha value is -2.54. The smallest absolute Gasteiger partial charge is 0.416 e. The van der Waals surface area contributed by atoms with E-state index < -0.39 is 17.9 Å². The van der Waals surface area contributed by atoms with Crippen LogP contribution in [0.1, 0.15) is 39.5 Å². The fourth-order valence-electron chi connectivity index (χ4n) is 3.22. The van der Waals surface area contributed by atoms with Crippen LogP contribution in [0.3, 0.4) is 0 Å². The molecule has 0 aromatic carbocycles. The highest BCUT2D eigenvalue weighted by molar-refractivity contribution is 5.81. The van der Waals surface area contributed by atoms with Gasteiger partial charge in [-0.05, 0) is 37.0 Å². The van der Waals surface area contributed by atoms with Crippen molar-refractivity contribution in [1.29, 1.82) is 0 Å². The van der Waals surface area contributed by atoms with Crippen LogP contribution in [-0.2, 0) is 9.53 Å². The van der Waals surface area contributed by atoms with Gasteiger partial charge in [0.25, 0.3) is 5.91 Å². The third kappa shape index (κ3) is 7.06. The molecule has 1 amide bonds. The zero-order valence-electron chi connectivity index (χ0n) is 17.4. The number of hydrogen-bond donors (Lipinski definition) is 2. The molecule has 0 heterocycles. The number of ether oxygens (including phenoxy) is 1. The minimum atomic E-state index is -4.48. The summed E-state index contributed by atoms with van der Waals surface area (Å²) in [6.45, 7) is 4.07. The van der Waals surface area contributed by atoms with Crippen LogP contribution >= 0.6 is 0 Å². The van der Waals surface area contributed by atoms with Crippen LogP contribution in [0.2, 0.25) is 0 Å². The molecule has 3 N–H and O–H groups in total. The minimum absolute atomic E-state index is 0.00638. The lowest BCUT2D eigenvalue weighted by atomic mass is 10.1. The van der Waals surface area contributed by atoms with Crippen molar-refractivity contribution >= 4 is 5.91 Å². The van der Waals surface area contributed by atoms with E-state index in [1.165, 1.54) is 17.7 Å². The zero-order chi connectivity index (χ0) is 22.1. The number of amides is 1. The second kappa shape index (κ2) is 11.0. The quantitative estimate of drug-likeness (QED) is 0.592. The van der Waals surface area contributed by atoms with Crippen LogP contribution in [0.25, 0.3) is 0 Å². The summed E-state index contributed by atoms with van der Waals surface area (Å²) < 4.78 is 45.5. The first-order valence-corrected chi connectivity index (χ1v) is 10.1. The second-order valence-electron chi connectivity index (χ2n) is 7.33. The molecule has 0 bridgehead atoms. The molecule has 0 aliphatic heterocycles. The van der Waals surface area contributed by atoms with Crippen molar-refractivity contribution in [2.24, 2.45) is 5.73 Å². The molecule has 0 fully saturated rings. The van der Waals surface area contributed by atoms with Crippen LogP contribution in [0.5, 0.6) is 0 Å². The summed E-state index contributed by atoms with van der Waals surface area (Å²) in [4.78, 5) is 12.7. The maximum absolute atomic E-state index is 13.2. The molecule has 164 valence electrons. The summed E-state index contributed by atoms with van der Waals surface area (Å²) in [5.41, 5.74) is 6.89. The van der Waals surface area contributed by atoms with Gasteiger partial charge in [0.1, 0.15) is 5.76 Å². The molecule has 7 heteroatoms. The Balaban J connectivity index is 2.07. The molecule has 0 radical (unpaired) electrons. The van der Waals surface area contributed by atoms with Gasteiger partial charge in [-0.3, -0.25) is 4.79 Å². The van der Waals surface area contributed by atoms with E-state index in [0.717, 1.165) is 18.1 Å². The van der Waals surface area contributed by atoms with E-state index >= 15 is 0 Å². The molecular formula is C23H29F3N2O2. The van der Waals surface area contributed by atoms with Crippen LogP contribution in [0, 0.1) is 0 Å². The molecular weight excluding hydrogens is 393 g/mol. The van der Waals surface area contributed by atoms with Crippen LogP contribution in [-0.4, -0.2) is 31.3 Å². The van der Waals surface area contributed by atoms with Crippen molar-refractivity contribution in [2.75, 3.05) is 13.1 Å². The Kier molecular flexibility index (Phi) is 8.72. The number of rotatable bonds is 8. The van der Waals surface area contributed by atoms with Gasteiger partial charge in [0, 0.05) is 19.5 Å². The maximum Gasteiger partial charge on any atom is 0.416 e. The molecule has 2 aliphatic carbocycles. The number of carbonyl (C=O) groups excluding carboxylic acids is 1. The number of nitrogens with two attached hydrogens (primary N) is 1. The number of carbonyl (C=O) groups is 1. The molecule has 2 rings (SSSR count). The third-order valence-electron chi connectivity index (χ3n) is 4.77. The summed E-state index contributed by atoms with van der Waals surface area (Å²) >= 11 is 0. The summed E-state index contributed by atoms with van der Waals surface area (Å²) in [6, 6.07) is 0. The van der Waals surface area contributed by atoms with Gasteiger partial charge in [0.2, 0.25) is 0 Å². The Morgan fingerprint density at radius 1 is 1.27 bits per heavy atom. The predicted molar refractivity (Wildman–Crippen MR) is 112 cm³/mol. The second-order valence-corrected chi connectivity index (χ2v) is 7.33. The number of halogens is 3. The molecule has 0 unspecified atom stereocenters. The highest BCUT2D eigenvalue weighted by atomic mass is 19.4. The van der Waals surface area contributed by atoms with Gasteiger partial charge in [-0.2, -0.15) is 13.2 Å². The Labute approximate surface area is 175 Å². The average molecular weight is 422 g/mol. The number of allylic oxidation sites excluding steroid dienone is 7. The largest absolute Gasteiger partial charge is 0.485 e. The summed E-state index contributed by atoms with van der Waals surface area (Å²) in [7, 11) is 0. The van der Waals surface area contributed by atoms with E-state index in [4.69, 9.17) is 10.5 Å². The monoisotopic (exact) mass is 422 g/mol. The lowest BCUT2D eigenvalue weighted by molar-refractivity contribution is -0.130. The molecule has 30 heavy (non-hydrogen) atoms. The van der Waals surface area contributed by atoms with Crippen LogP contribution in [0.15, 0.2) is 70.6 Å². The van der Waals surface area contributed by atoms with Gasteiger partial charge in [-0.15, -0.1) is 0 Å². The Morgan fingerprint density at radius 3 is 2.70 bits per heavy atom. The molecule has 0 saturated heterocycles. The van der Waals surface area contributed by atoms with E-state index in [2.05, 4.69) is 5.32 Å². The van der Waals surface area contributed by atoms with Gasteiger partial charge in [-0.1, -0.05) is 55.4 Å². The SMILES string of the molecule is CCC[C@H](OC1=CC=C(CN)C(C(F)(F)F)=CC1)C(=O)NCC1=CC=CCC(C)=C1. The van der Waals surface area contributed by atoms with Gasteiger partial charge >= 0.3 is 6.18 Å². The van der Waals surface area contributed by atoms with Gasteiger partial charge in [0.05, 0.1) is 5.57 Å². The molecule has 0 spiro atoms. The first-order chi connectivity index (χ1) is 14.2. The fourth-order valence-corrected chi connectivity index (χ4v) is 3.22. The highest BCUT2D eigenvalue weighted by Gasteiger charge is 2.35. The number of nitrogens with one attached hydrogen (secondary N) is 1. The fraction of sp³-hybridized carbons (Fsp3) is 0.435. The normalized spacial score (nSPS) is 18.1. The average Bonchev–Trinajstić information content (AvgIpc) is 3.03. The van der Waals surface area contributed by atoms with Gasteiger partial charge in [-0.25, -0.2) is 0 Å². The predicted octanol–water partition coefficient (Wildman–Crippen LogP) is 4.78. The van der Waals surface area contributed by atoms with Gasteiger partial charge < -0.3 is 15.8 Å². The Morgan fingerprint density at radius 2 is 2.03 bits per heavy atom. The highest BCUT2D eigenvalue weighted by Crippen LogP contribution is 2.33. The Bertz CT molecular complexity index is 815. The van der Waals surface area contributed by atoms with Crippen molar-refractivity contribution in [3.63, 3.8) is 0 Å². The standard InChI is InChI=1S/C23H29F3N2O2/c1-3-6-21(22(29)28-15-17-8-5-4-7-16(2)13-17)30-19-10-9-18(14-27)20(12-11-19)23(24,25)26/h4-5,8-10,12-13,21H,3,6-7,11,14-15,27H2,1-2H3,(H,28,29)/t21-/m0/s1. The van der Waals surface area contributed by atoms with E-state index in [0.29, 0.717) is 25.1 Å². The van der Waals surface area contributed by atoms with E-state index in [1.807, 2.05) is 38.2 Å². The minimum Gasteiger partial charge on any atom is -0.485 e. The van der Waals surface area contributed by atoms with Crippen molar-refractivity contribution in [2.45, 2.75) is 51.8 Å². The molecule has 1 atom stereocenters. The zero-order valence-corrected chi connectivity index (χ0v) is 17.4. The van der Waals surface area contributed by atoms with Crippen LogP contribution < -0.4 is 11.1 Å². The molecule has 2 aliphatic rings. The van der Waals surface area contributed by atoms with Crippen molar-refractivity contribution < 1.29 is 22.7 Å². The first-order valence-electron chi connectivity index (χ1n) is 10.1. The lowest BCUT2D eigenvalue weighted by Gasteiger charge is -2.20. The molecule has 0 saturated carbocycles. The summed E-state index contributed by atoms with van der Waals surface area (Å²) in [6.07, 6.45) is 8.55. The number of hydrogen-bond acceptors (Lipinski definition) is 3.